The Morgan fingerprint density at radius 1 is 1.27 bits per heavy atom. The molecule has 0 spiro atoms. The van der Waals surface area contributed by atoms with Crippen molar-refractivity contribution < 1.29 is 0 Å². The van der Waals surface area contributed by atoms with Crippen molar-refractivity contribution in [2.24, 2.45) is 17.3 Å². The van der Waals surface area contributed by atoms with Gasteiger partial charge in [0.15, 0.2) is 0 Å². The highest BCUT2D eigenvalue weighted by Gasteiger charge is 2.43. The highest BCUT2D eigenvalue weighted by molar-refractivity contribution is 5.07. The average Bonchev–Trinajstić information content (AvgIpc) is 1.86. The summed E-state index contributed by atoms with van der Waals surface area (Å²) in [7, 11) is 0. The molecule has 1 atom stereocenters. The van der Waals surface area contributed by atoms with E-state index in [-0.39, 0.29) is 5.41 Å². The molecule has 0 bridgehead atoms. The van der Waals surface area contributed by atoms with Crippen LogP contribution in [-0.2, 0) is 0 Å². The summed E-state index contributed by atoms with van der Waals surface area (Å²) in [6.07, 6.45) is 3.51. The quantitative estimate of drug-likeness (QED) is 0.595. The van der Waals surface area contributed by atoms with E-state index in [1.54, 1.807) is 0 Å². The third kappa shape index (κ3) is 1.27. The molecule has 0 radical (unpaired) electrons. The van der Waals surface area contributed by atoms with Crippen LogP contribution >= 0.6 is 0 Å². The van der Waals surface area contributed by atoms with Crippen LogP contribution in [0, 0.1) is 28.6 Å². The van der Waals surface area contributed by atoms with Crippen molar-refractivity contribution in [3.05, 3.63) is 0 Å². The van der Waals surface area contributed by atoms with E-state index >= 15 is 0 Å². The van der Waals surface area contributed by atoms with Crippen molar-refractivity contribution >= 4 is 0 Å². The fourth-order valence-electron chi connectivity index (χ4n) is 1.86. The molecule has 0 aromatic carbocycles. The SMILES string of the molecule is CC(C)C(C)C1(C#N)CCC1. The molecule has 1 unspecified atom stereocenters. The molecule has 0 aliphatic heterocycles. The van der Waals surface area contributed by atoms with Crippen LogP contribution in [0.1, 0.15) is 40.0 Å². The predicted octanol–water partition coefficient (Wildman–Crippen LogP) is 2.97. The minimum atomic E-state index is 0.0498. The van der Waals surface area contributed by atoms with Gasteiger partial charge in [0, 0.05) is 0 Å². The molecular formula is C10H17N. The first kappa shape index (κ1) is 8.59. The van der Waals surface area contributed by atoms with Crippen LogP contribution in [0.5, 0.6) is 0 Å². The third-order valence-electron chi connectivity index (χ3n) is 3.34. The molecule has 1 fully saturated rings. The minimum absolute atomic E-state index is 0.0498. The lowest BCUT2D eigenvalue weighted by Crippen LogP contribution is -2.37. The van der Waals surface area contributed by atoms with E-state index in [1.807, 2.05) is 0 Å². The summed E-state index contributed by atoms with van der Waals surface area (Å²) < 4.78 is 0. The summed E-state index contributed by atoms with van der Waals surface area (Å²) >= 11 is 0. The summed E-state index contributed by atoms with van der Waals surface area (Å²) in [6.45, 7) is 6.64. The van der Waals surface area contributed by atoms with Gasteiger partial charge in [-0.25, -0.2) is 0 Å². The van der Waals surface area contributed by atoms with Gasteiger partial charge in [0.2, 0.25) is 0 Å². The first-order valence-corrected chi connectivity index (χ1v) is 4.53. The Hall–Kier alpha value is -0.510. The molecule has 11 heavy (non-hydrogen) atoms. The fourth-order valence-corrected chi connectivity index (χ4v) is 1.86. The van der Waals surface area contributed by atoms with Gasteiger partial charge in [0.25, 0.3) is 0 Å². The molecular weight excluding hydrogens is 134 g/mol. The van der Waals surface area contributed by atoms with Gasteiger partial charge in [-0.3, -0.25) is 0 Å². The first-order chi connectivity index (χ1) is 5.12. The van der Waals surface area contributed by atoms with Crippen molar-refractivity contribution in [3.63, 3.8) is 0 Å². The van der Waals surface area contributed by atoms with Crippen molar-refractivity contribution in [1.29, 1.82) is 5.26 Å². The monoisotopic (exact) mass is 151 g/mol. The van der Waals surface area contributed by atoms with Gasteiger partial charge in [0.05, 0.1) is 11.5 Å². The largest absolute Gasteiger partial charge is 0.198 e. The van der Waals surface area contributed by atoms with Gasteiger partial charge in [-0.1, -0.05) is 27.2 Å². The van der Waals surface area contributed by atoms with Gasteiger partial charge in [-0.15, -0.1) is 0 Å². The summed E-state index contributed by atoms with van der Waals surface area (Å²) in [4.78, 5) is 0. The normalized spacial score (nSPS) is 23.9. The summed E-state index contributed by atoms with van der Waals surface area (Å²) in [5.74, 6) is 1.22. The standard InChI is InChI=1S/C10H17N/c1-8(2)9(3)10(7-11)5-4-6-10/h8-9H,4-6H2,1-3H3. The van der Waals surface area contributed by atoms with Gasteiger partial charge in [-0.05, 0) is 24.7 Å². The lowest BCUT2D eigenvalue weighted by Gasteiger charge is -2.42. The van der Waals surface area contributed by atoms with Crippen LogP contribution in [-0.4, -0.2) is 0 Å². The van der Waals surface area contributed by atoms with E-state index in [2.05, 4.69) is 26.8 Å². The number of hydrogen-bond acceptors (Lipinski definition) is 1. The van der Waals surface area contributed by atoms with E-state index in [0.29, 0.717) is 11.8 Å². The molecule has 0 heterocycles. The van der Waals surface area contributed by atoms with E-state index in [9.17, 15) is 0 Å². The van der Waals surface area contributed by atoms with Crippen LogP contribution in [0.3, 0.4) is 0 Å². The maximum Gasteiger partial charge on any atom is 0.0692 e. The molecule has 0 saturated heterocycles. The van der Waals surface area contributed by atoms with E-state index < -0.39 is 0 Å². The number of hydrogen-bond donors (Lipinski definition) is 0. The lowest BCUT2D eigenvalue weighted by molar-refractivity contribution is 0.0956. The molecule has 1 aliphatic rings. The molecule has 1 saturated carbocycles. The molecule has 0 N–H and O–H groups in total. The van der Waals surface area contributed by atoms with Crippen molar-refractivity contribution in [2.45, 2.75) is 40.0 Å². The topological polar surface area (TPSA) is 23.8 Å². The molecule has 1 nitrogen and oxygen atoms in total. The Labute approximate surface area is 69.4 Å². The Morgan fingerprint density at radius 2 is 1.82 bits per heavy atom. The fraction of sp³-hybridized carbons (Fsp3) is 0.900. The van der Waals surface area contributed by atoms with Gasteiger partial charge in [-0.2, -0.15) is 5.26 Å². The molecule has 0 amide bonds. The van der Waals surface area contributed by atoms with Crippen LogP contribution in [0.25, 0.3) is 0 Å². The summed E-state index contributed by atoms with van der Waals surface area (Å²) in [5.41, 5.74) is 0.0498. The third-order valence-corrected chi connectivity index (χ3v) is 3.34. The Morgan fingerprint density at radius 3 is 1.91 bits per heavy atom. The Kier molecular flexibility index (Phi) is 2.23. The lowest BCUT2D eigenvalue weighted by atomic mass is 9.60. The second-order valence-electron chi connectivity index (χ2n) is 4.15. The van der Waals surface area contributed by atoms with Gasteiger partial charge < -0.3 is 0 Å². The minimum Gasteiger partial charge on any atom is -0.198 e. The average molecular weight is 151 g/mol. The predicted molar refractivity (Wildman–Crippen MR) is 45.9 cm³/mol. The smallest absolute Gasteiger partial charge is 0.0692 e. The van der Waals surface area contributed by atoms with Crippen LogP contribution in [0.2, 0.25) is 0 Å². The highest BCUT2D eigenvalue weighted by Crippen LogP contribution is 2.48. The van der Waals surface area contributed by atoms with Crippen LogP contribution in [0.15, 0.2) is 0 Å². The second kappa shape index (κ2) is 2.85. The zero-order valence-electron chi connectivity index (χ0n) is 7.72. The van der Waals surface area contributed by atoms with Crippen molar-refractivity contribution in [1.82, 2.24) is 0 Å². The maximum absolute atomic E-state index is 9.01. The van der Waals surface area contributed by atoms with Crippen LogP contribution < -0.4 is 0 Å². The van der Waals surface area contributed by atoms with E-state index in [1.165, 1.54) is 6.42 Å². The number of nitrogens with zero attached hydrogens (tertiary/aromatic N) is 1. The Bertz CT molecular complexity index is 172. The Balaban J connectivity index is 2.64. The summed E-state index contributed by atoms with van der Waals surface area (Å²) in [6, 6.07) is 2.50. The van der Waals surface area contributed by atoms with Crippen molar-refractivity contribution in [3.8, 4) is 6.07 Å². The summed E-state index contributed by atoms with van der Waals surface area (Å²) in [5, 5.41) is 9.01. The van der Waals surface area contributed by atoms with E-state index in [0.717, 1.165) is 12.8 Å². The molecule has 1 heteroatoms. The molecule has 0 aromatic rings. The second-order valence-corrected chi connectivity index (χ2v) is 4.15. The first-order valence-electron chi connectivity index (χ1n) is 4.53. The molecule has 62 valence electrons. The molecule has 0 aromatic heterocycles. The zero-order chi connectivity index (χ0) is 8.48. The maximum atomic E-state index is 9.01. The highest BCUT2D eigenvalue weighted by atomic mass is 14.5. The van der Waals surface area contributed by atoms with Gasteiger partial charge >= 0.3 is 0 Å². The van der Waals surface area contributed by atoms with Gasteiger partial charge in [0.1, 0.15) is 0 Å². The molecule has 1 aliphatic carbocycles. The van der Waals surface area contributed by atoms with Crippen molar-refractivity contribution in [2.75, 3.05) is 0 Å². The number of rotatable bonds is 2. The molecule has 1 rings (SSSR count). The van der Waals surface area contributed by atoms with Crippen LogP contribution in [0.4, 0.5) is 0 Å². The van der Waals surface area contributed by atoms with E-state index in [4.69, 9.17) is 5.26 Å². The number of nitriles is 1. The zero-order valence-corrected chi connectivity index (χ0v) is 7.72.